The molecule has 0 saturated carbocycles. The molecule has 2 N–H and O–H groups in total. The Bertz CT molecular complexity index is 1220. The molecule has 9 heteroatoms. The van der Waals surface area contributed by atoms with E-state index in [1.807, 2.05) is 6.07 Å². The standard InChI is InChI=1S/C16H10BrN3O3S2/c17-8-3-4-11-10(6-8)14(21)19-13-12(25-16(24)20(11)13)15(22)18-7-9-2-1-5-23-9/h1-6H,7H2,(H,18,22)(H,19,21). The number of fused-ring (bicyclic) bond motifs is 3. The average Bonchev–Trinajstić information content (AvgIpc) is 3.21. The van der Waals surface area contributed by atoms with E-state index in [9.17, 15) is 9.59 Å². The van der Waals surface area contributed by atoms with Gasteiger partial charge in [0.15, 0.2) is 3.95 Å². The van der Waals surface area contributed by atoms with Crippen molar-refractivity contribution in [2.24, 2.45) is 0 Å². The number of carbonyl (C=O) groups excluding carboxylic acids is 1. The number of halogens is 1. The lowest BCUT2D eigenvalue weighted by atomic mass is 10.2. The number of aromatic nitrogens is 2. The van der Waals surface area contributed by atoms with Crippen molar-refractivity contribution in [3.63, 3.8) is 0 Å². The van der Waals surface area contributed by atoms with Crippen LogP contribution in [0.1, 0.15) is 15.4 Å². The summed E-state index contributed by atoms with van der Waals surface area (Å²) in [5, 5.41) is 3.27. The fraction of sp³-hybridized carbons (Fsp3) is 0.0625. The van der Waals surface area contributed by atoms with Gasteiger partial charge in [-0.15, -0.1) is 0 Å². The molecule has 0 aliphatic carbocycles. The summed E-state index contributed by atoms with van der Waals surface area (Å²) >= 11 is 9.92. The van der Waals surface area contributed by atoms with Crippen molar-refractivity contribution in [1.82, 2.24) is 14.7 Å². The van der Waals surface area contributed by atoms with Crippen LogP contribution in [0.2, 0.25) is 0 Å². The monoisotopic (exact) mass is 435 g/mol. The van der Waals surface area contributed by atoms with Crippen molar-refractivity contribution in [3.8, 4) is 0 Å². The van der Waals surface area contributed by atoms with Gasteiger partial charge in [-0.1, -0.05) is 27.3 Å². The molecule has 0 bridgehead atoms. The van der Waals surface area contributed by atoms with Gasteiger partial charge >= 0.3 is 0 Å². The SMILES string of the molecule is O=C(NCc1ccco1)c1sc(=S)n2c1[nH]c(=O)c1cc(Br)ccc12. The van der Waals surface area contributed by atoms with Gasteiger partial charge in [-0.2, -0.15) is 0 Å². The minimum atomic E-state index is -0.317. The van der Waals surface area contributed by atoms with E-state index < -0.39 is 0 Å². The van der Waals surface area contributed by atoms with Gasteiger partial charge in [0.25, 0.3) is 11.5 Å². The van der Waals surface area contributed by atoms with Crippen LogP contribution >= 0.6 is 39.5 Å². The first kappa shape index (κ1) is 16.2. The number of amides is 1. The molecule has 0 spiro atoms. The van der Waals surface area contributed by atoms with Crippen molar-refractivity contribution in [2.75, 3.05) is 0 Å². The summed E-state index contributed by atoms with van der Waals surface area (Å²) in [7, 11) is 0. The predicted molar refractivity (Wildman–Crippen MR) is 102 cm³/mol. The Balaban J connectivity index is 1.84. The molecule has 4 aromatic rings. The van der Waals surface area contributed by atoms with E-state index in [1.165, 1.54) is 0 Å². The predicted octanol–water partition coefficient (Wildman–Crippen LogP) is 3.86. The first-order valence-electron chi connectivity index (χ1n) is 7.22. The molecule has 0 aliphatic heterocycles. The molecule has 0 unspecified atom stereocenters. The molecule has 0 fully saturated rings. The van der Waals surface area contributed by atoms with Crippen molar-refractivity contribution in [1.29, 1.82) is 0 Å². The fourth-order valence-corrected chi connectivity index (χ4v) is 4.24. The maximum absolute atomic E-state index is 12.5. The molecule has 25 heavy (non-hydrogen) atoms. The lowest BCUT2D eigenvalue weighted by Gasteiger charge is -2.04. The quantitative estimate of drug-likeness (QED) is 0.478. The average molecular weight is 436 g/mol. The number of H-pyrrole nitrogens is 1. The molecule has 3 aromatic heterocycles. The zero-order valence-electron chi connectivity index (χ0n) is 12.5. The summed E-state index contributed by atoms with van der Waals surface area (Å²) in [4.78, 5) is 28.1. The second-order valence-electron chi connectivity index (χ2n) is 5.26. The molecule has 1 aromatic carbocycles. The van der Waals surface area contributed by atoms with Crippen LogP contribution in [-0.2, 0) is 6.54 Å². The van der Waals surface area contributed by atoms with E-state index in [0.29, 0.717) is 31.1 Å². The molecule has 0 radical (unpaired) electrons. The first-order chi connectivity index (χ1) is 12.0. The highest BCUT2D eigenvalue weighted by Crippen LogP contribution is 2.24. The highest BCUT2D eigenvalue weighted by molar-refractivity contribution is 9.10. The van der Waals surface area contributed by atoms with Gasteiger partial charge in [0.1, 0.15) is 16.3 Å². The Kier molecular flexibility index (Phi) is 4.06. The lowest BCUT2D eigenvalue weighted by Crippen LogP contribution is -2.22. The van der Waals surface area contributed by atoms with Crippen LogP contribution in [0.4, 0.5) is 0 Å². The van der Waals surface area contributed by atoms with Gasteiger partial charge in [-0.05, 0) is 42.5 Å². The Hall–Kier alpha value is -2.23. The number of furan rings is 1. The maximum Gasteiger partial charge on any atom is 0.265 e. The third kappa shape index (κ3) is 2.84. The van der Waals surface area contributed by atoms with Crippen molar-refractivity contribution in [3.05, 3.63) is 66.0 Å². The number of hydrogen-bond donors (Lipinski definition) is 2. The van der Waals surface area contributed by atoms with Gasteiger partial charge in [0.05, 0.1) is 23.7 Å². The van der Waals surface area contributed by atoms with Crippen LogP contribution in [0, 0.1) is 3.95 Å². The van der Waals surface area contributed by atoms with Crippen LogP contribution in [0.15, 0.2) is 50.3 Å². The van der Waals surface area contributed by atoms with Crippen molar-refractivity contribution in [2.45, 2.75) is 6.54 Å². The van der Waals surface area contributed by atoms with Crippen LogP contribution in [-0.4, -0.2) is 15.3 Å². The van der Waals surface area contributed by atoms with Crippen molar-refractivity contribution < 1.29 is 9.21 Å². The number of thiazole rings is 1. The Morgan fingerprint density at radius 3 is 3.00 bits per heavy atom. The maximum atomic E-state index is 12.5. The van der Waals surface area contributed by atoms with E-state index in [0.717, 1.165) is 15.8 Å². The summed E-state index contributed by atoms with van der Waals surface area (Å²) in [6.07, 6.45) is 1.54. The zero-order valence-corrected chi connectivity index (χ0v) is 15.8. The lowest BCUT2D eigenvalue weighted by molar-refractivity contribution is 0.0953. The summed E-state index contributed by atoms with van der Waals surface area (Å²) < 4.78 is 8.20. The van der Waals surface area contributed by atoms with Crippen LogP contribution in [0.5, 0.6) is 0 Å². The minimum Gasteiger partial charge on any atom is -0.467 e. The molecule has 4 rings (SSSR count). The molecule has 0 atom stereocenters. The smallest absolute Gasteiger partial charge is 0.265 e. The second kappa shape index (κ2) is 6.25. The summed E-state index contributed by atoms with van der Waals surface area (Å²) in [5.74, 6) is 0.325. The van der Waals surface area contributed by atoms with Gasteiger partial charge in [-0.25, -0.2) is 0 Å². The van der Waals surface area contributed by atoms with Crippen LogP contribution in [0.25, 0.3) is 16.6 Å². The second-order valence-corrected chi connectivity index (χ2v) is 7.82. The van der Waals surface area contributed by atoms with Gasteiger partial charge in [0, 0.05) is 4.47 Å². The number of rotatable bonds is 3. The molecular weight excluding hydrogens is 426 g/mol. The number of hydrogen-bond acceptors (Lipinski definition) is 5. The number of benzene rings is 1. The molecule has 1 amide bonds. The third-order valence-corrected chi connectivity index (χ3v) is 5.56. The zero-order chi connectivity index (χ0) is 17.6. The number of nitrogens with one attached hydrogen (secondary N) is 2. The number of aromatic amines is 1. The van der Waals surface area contributed by atoms with Gasteiger partial charge < -0.3 is 14.7 Å². The Morgan fingerprint density at radius 2 is 2.24 bits per heavy atom. The molecule has 126 valence electrons. The molecular formula is C16H10BrN3O3S2. The number of carbonyl (C=O) groups is 1. The first-order valence-corrected chi connectivity index (χ1v) is 9.24. The van der Waals surface area contributed by atoms with E-state index in [-0.39, 0.29) is 18.0 Å². The van der Waals surface area contributed by atoms with E-state index >= 15 is 0 Å². The highest BCUT2D eigenvalue weighted by atomic mass is 79.9. The van der Waals surface area contributed by atoms with Crippen LogP contribution in [0.3, 0.4) is 0 Å². The molecule has 3 heterocycles. The summed E-state index contributed by atoms with van der Waals surface area (Å²) in [6.45, 7) is 0.257. The summed E-state index contributed by atoms with van der Waals surface area (Å²) in [5.41, 5.74) is 0.782. The van der Waals surface area contributed by atoms with Crippen LogP contribution < -0.4 is 10.9 Å². The number of nitrogens with zero attached hydrogens (tertiary/aromatic N) is 1. The largest absolute Gasteiger partial charge is 0.467 e. The van der Waals surface area contributed by atoms with E-state index in [2.05, 4.69) is 26.2 Å². The third-order valence-electron chi connectivity index (χ3n) is 3.70. The fourth-order valence-electron chi connectivity index (χ4n) is 2.58. The molecule has 6 nitrogen and oxygen atoms in total. The summed E-state index contributed by atoms with van der Waals surface area (Å²) in [6, 6.07) is 8.88. The minimum absolute atomic E-state index is 0.257. The highest BCUT2D eigenvalue weighted by Gasteiger charge is 2.18. The van der Waals surface area contributed by atoms with Crippen molar-refractivity contribution >= 4 is 61.9 Å². The topological polar surface area (TPSA) is 79.5 Å². The molecule has 0 aliphatic rings. The van der Waals surface area contributed by atoms with Gasteiger partial charge in [0.2, 0.25) is 0 Å². The van der Waals surface area contributed by atoms with E-state index in [4.69, 9.17) is 16.6 Å². The Morgan fingerprint density at radius 1 is 1.40 bits per heavy atom. The Labute approximate surface area is 158 Å². The normalized spacial score (nSPS) is 11.2. The van der Waals surface area contributed by atoms with Gasteiger partial charge in [-0.3, -0.25) is 14.0 Å². The molecule has 0 saturated heterocycles. The van der Waals surface area contributed by atoms with E-state index in [1.54, 1.807) is 34.9 Å².